The fourth-order valence-electron chi connectivity index (χ4n) is 2.11. The molecule has 1 fully saturated rings. The van der Waals surface area contributed by atoms with Crippen LogP contribution in [0.1, 0.15) is 18.1 Å². The van der Waals surface area contributed by atoms with Crippen LogP contribution in [0.4, 0.5) is 5.69 Å². The molecule has 1 aromatic rings. The Hall–Kier alpha value is -1.90. The van der Waals surface area contributed by atoms with Crippen LogP contribution < -0.4 is 11.1 Å². The fraction of sp³-hybridized carbons (Fsp3) is 0.429. The van der Waals surface area contributed by atoms with E-state index in [0.29, 0.717) is 24.5 Å². The van der Waals surface area contributed by atoms with Crippen LogP contribution in [0.2, 0.25) is 0 Å². The van der Waals surface area contributed by atoms with Crippen LogP contribution in [0.25, 0.3) is 0 Å². The summed E-state index contributed by atoms with van der Waals surface area (Å²) in [4.78, 5) is 12.3. The van der Waals surface area contributed by atoms with Crippen LogP contribution in [-0.4, -0.2) is 25.2 Å². The standard InChI is InChI=1S/C14H17N3O2/c1-9-4-3-5-11(10(9)6-15)17-13(18)14(2)8-19-7-12(14)16/h3-5,12H,7-8,16H2,1-2H3,(H,17,18). The van der Waals surface area contributed by atoms with Gasteiger partial charge in [-0.1, -0.05) is 12.1 Å². The van der Waals surface area contributed by atoms with Gasteiger partial charge in [0.1, 0.15) is 6.07 Å². The maximum Gasteiger partial charge on any atom is 0.234 e. The normalized spacial score (nSPS) is 25.9. The number of amides is 1. The van der Waals surface area contributed by atoms with Crippen LogP contribution in [-0.2, 0) is 9.53 Å². The van der Waals surface area contributed by atoms with Gasteiger partial charge in [-0.3, -0.25) is 4.79 Å². The van der Waals surface area contributed by atoms with E-state index in [-0.39, 0.29) is 11.9 Å². The van der Waals surface area contributed by atoms with Crippen molar-refractivity contribution in [3.05, 3.63) is 29.3 Å². The second-order valence-electron chi connectivity index (χ2n) is 5.10. The molecule has 3 N–H and O–H groups in total. The molecule has 5 heteroatoms. The molecule has 0 aliphatic carbocycles. The number of benzene rings is 1. The second-order valence-corrected chi connectivity index (χ2v) is 5.10. The molecule has 0 spiro atoms. The number of rotatable bonds is 2. The van der Waals surface area contributed by atoms with Crippen LogP contribution in [0.3, 0.4) is 0 Å². The van der Waals surface area contributed by atoms with Crippen molar-refractivity contribution in [2.45, 2.75) is 19.9 Å². The third-order valence-corrected chi connectivity index (χ3v) is 3.67. The Morgan fingerprint density at radius 2 is 2.37 bits per heavy atom. The molecule has 100 valence electrons. The highest BCUT2D eigenvalue weighted by Gasteiger charge is 2.44. The average molecular weight is 259 g/mol. The Kier molecular flexibility index (Phi) is 3.56. The number of ether oxygens (including phenoxy) is 1. The highest BCUT2D eigenvalue weighted by atomic mass is 16.5. The molecule has 5 nitrogen and oxygen atoms in total. The van der Waals surface area contributed by atoms with E-state index < -0.39 is 5.41 Å². The quantitative estimate of drug-likeness (QED) is 0.834. The molecule has 0 radical (unpaired) electrons. The highest BCUT2D eigenvalue weighted by Crippen LogP contribution is 2.29. The first-order valence-corrected chi connectivity index (χ1v) is 6.13. The van der Waals surface area contributed by atoms with E-state index >= 15 is 0 Å². The van der Waals surface area contributed by atoms with Gasteiger partial charge in [0.25, 0.3) is 0 Å². The molecule has 1 aliphatic heterocycles. The van der Waals surface area contributed by atoms with Gasteiger partial charge in [-0.2, -0.15) is 5.26 Å². The monoisotopic (exact) mass is 259 g/mol. The number of carbonyl (C=O) groups is 1. The number of anilines is 1. The molecule has 2 rings (SSSR count). The van der Waals surface area contributed by atoms with E-state index in [2.05, 4.69) is 11.4 Å². The minimum atomic E-state index is -0.754. The molecule has 2 atom stereocenters. The van der Waals surface area contributed by atoms with E-state index in [1.807, 2.05) is 13.0 Å². The molecule has 1 aliphatic rings. The molecule has 1 amide bonds. The molecule has 1 heterocycles. The molecular formula is C14H17N3O2. The number of nitrogens with one attached hydrogen (secondary N) is 1. The second kappa shape index (κ2) is 5.00. The summed E-state index contributed by atoms with van der Waals surface area (Å²) in [6, 6.07) is 7.13. The van der Waals surface area contributed by atoms with Crippen LogP contribution in [0.15, 0.2) is 18.2 Å². The van der Waals surface area contributed by atoms with Crippen molar-refractivity contribution in [3.63, 3.8) is 0 Å². The zero-order valence-corrected chi connectivity index (χ0v) is 11.1. The van der Waals surface area contributed by atoms with Crippen molar-refractivity contribution in [1.82, 2.24) is 0 Å². The van der Waals surface area contributed by atoms with E-state index in [1.165, 1.54) is 0 Å². The van der Waals surface area contributed by atoms with Gasteiger partial charge in [0.2, 0.25) is 5.91 Å². The molecule has 0 saturated carbocycles. The third-order valence-electron chi connectivity index (χ3n) is 3.67. The minimum Gasteiger partial charge on any atom is -0.379 e. The largest absolute Gasteiger partial charge is 0.379 e. The Bertz CT molecular complexity index is 550. The SMILES string of the molecule is Cc1cccc(NC(=O)C2(C)COCC2N)c1C#N. The van der Waals surface area contributed by atoms with Gasteiger partial charge in [-0.15, -0.1) is 0 Å². The van der Waals surface area contributed by atoms with Crippen molar-refractivity contribution >= 4 is 11.6 Å². The smallest absolute Gasteiger partial charge is 0.234 e. The number of hydrogen-bond acceptors (Lipinski definition) is 4. The average Bonchev–Trinajstić information content (AvgIpc) is 2.71. The number of hydrogen-bond donors (Lipinski definition) is 2. The Balaban J connectivity index is 2.25. The number of aryl methyl sites for hydroxylation is 1. The summed E-state index contributed by atoms with van der Waals surface area (Å²) in [6.45, 7) is 4.29. The molecule has 2 unspecified atom stereocenters. The van der Waals surface area contributed by atoms with Crippen LogP contribution >= 0.6 is 0 Å². The van der Waals surface area contributed by atoms with E-state index in [4.69, 9.17) is 15.7 Å². The zero-order valence-electron chi connectivity index (χ0n) is 11.1. The first-order valence-electron chi connectivity index (χ1n) is 6.13. The van der Waals surface area contributed by atoms with Gasteiger partial charge < -0.3 is 15.8 Å². The zero-order chi connectivity index (χ0) is 14.0. The first kappa shape index (κ1) is 13.5. The van der Waals surface area contributed by atoms with Gasteiger partial charge in [0, 0.05) is 6.04 Å². The van der Waals surface area contributed by atoms with E-state index in [0.717, 1.165) is 5.56 Å². The van der Waals surface area contributed by atoms with Crippen molar-refractivity contribution in [2.24, 2.45) is 11.1 Å². The molecule has 1 aromatic carbocycles. The predicted molar refractivity (Wildman–Crippen MR) is 71.4 cm³/mol. The summed E-state index contributed by atoms with van der Waals surface area (Å²) in [6.07, 6.45) is 0. The lowest BCUT2D eigenvalue weighted by molar-refractivity contribution is -0.125. The number of nitrogens with zero attached hydrogens (tertiary/aromatic N) is 1. The first-order chi connectivity index (χ1) is 8.99. The van der Waals surface area contributed by atoms with Crippen molar-refractivity contribution in [3.8, 4) is 6.07 Å². The molecule has 0 bridgehead atoms. The Labute approximate surface area is 112 Å². The van der Waals surface area contributed by atoms with Gasteiger partial charge >= 0.3 is 0 Å². The summed E-state index contributed by atoms with van der Waals surface area (Å²) < 4.78 is 5.26. The lowest BCUT2D eigenvalue weighted by Gasteiger charge is -2.25. The van der Waals surface area contributed by atoms with Gasteiger partial charge in [0.05, 0.1) is 29.9 Å². The highest BCUT2D eigenvalue weighted by molar-refractivity contribution is 5.97. The number of nitrogens with two attached hydrogens (primary N) is 1. The van der Waals surface area contributed by atoms with Crippen molar-refractivity contribution in [1.29, 1.82) is 5.26 Å². The van der Waals surface area contributed by atoms with Gasteiger partial charge in [-0.05, 0) is 25.5 Å². The lowest BCUT2D eigenvalue weighted by atomic mass is 9.84. The summed E-state index contributed by atoms with van der Waals surface area (Å²) in [5, 5.41) is 11.9. The van der Waals surface area contributed by atoms with Crippen molar-refractivity contribution in [2.75, 3.05) is 18.5 Å². The summed E-state index contributed by atoms with van der Waals surface area (Å²) >= 11 is 0. The van der Waals surface area contributed by atoms with Crippen LogP contribution in [0.5, 0.6) is 0 Å². The summed E-state index contributed by atoms with van der Waals surface area (Å²) in [7, 11) is 0. The maximum atomic E-state index is 12.3. The van der Waals surface area contributed by atoms with E-state index in [1.54, 1.807) is 19.1 Å². The maximum absolute atomic E-state index is 12.3. The molecule has 0 aromatic heterocycles. The number of carbonyl (C=O) groups excluding carboxylic acids is 1. The Morgan fingerprint density at radius 1 is 1.63 bits per heavy atom. The molecule has 1 saturated heterocycles. The van der Waals surface area contributed by atoms with Crippen molar-refractivity contribution < 1.29 is 9.53 Å². The summed E-state index contributed by atoms with van der Waals surface area (Å²) in [5.74, 6) is -0.209. The predicted octanol–water partition coefficient (Wildman–Crippen LogP) is 1.17. The molecule has 19 heavy (non-hydrogen) atoms. The van der Waals surface area contributed by atoms with Gasteiger partial charge in [0.15, 0.2) is 0 Å². The van der Waals surface area contributed by atoms with Crippen LogP contribution in [0, 0.1) is 23.7 Å². The van der Waals surface area contributed by atoms with E-state index in [9.17, 15) is 4.79 Å². The lowest BCUT2D eigenvalue weighted by Crippen LogP contribution is -2.47. The Morgan fingerprint density at radius 3 is 2.95 bits per heavy atom. The molecular weight excluding hydrogens is 242 g/mol. The van der Waals surface area contributed by atoms with Gasteiger partial charge in [-0.25, -0.2) is 0 Å². The summed E-state index contributed by atoms with van der Waals surface area (Å²) in [5.41, 5.74) is 6.99. The topological polar surface area (TPSA) is 88.1 Å². The third kappa shape index (κ3) is 2.33. The fourth-order valence-corrected chi connectivity index (χ4v) is 2.11. The minimum absolute atomic E-state index is 0.209. The number of nitriles is 1.